The van der Waals surface area contributed by atoms with Crippen LogP contribution in [-0.2, 0) is 0 Å². The third-order valence-electron chi connectivity index (χ3n) is 5.02. The van der Waals surface area contributed by atoms with E-state index in [1.165, 1.54) is 12.1 Å². The number of carbonyl (C=O) groups excluding carboxylic acids is 1. The zero-order valence-corrected chi connectivity index (χ0v) is 13.5. The summed E-state index contributed by atoms with van der Waals surface area (Å²) in [5, 5.41) is 4.02. The summed E-state index contributed by atoms with van der Waals surface area (Å²) in [5.41, 5.74) is 0.945. The number of benzene rings is 1. The number of nitrogens with one attached hydrogen (secondary N) is 1. The van der Waals surface area contributed by atoms with Crippen molar-refractivity contribution >= 4 is 16.8 Å². The molecular formula is C18H21FN4O. The molecule has 1 atom stereocenters. The minimum absolute atomic E-state index is 0.115. The fourth-order valence-corrected chi connectivity index (χ4v) is 3.76. The van der Waals surface area contributed by atoms with Crippen LogP contribution in [0.5, 0.6) is 0 Å². The summed E-state index contributed by atoms with van der Waals surface area (Å²) in [7, 11) is 0. The van der Waals surface area contributed by atoms with E-state index in [2.05, 4.69) is 15.2 Å². The molecule has 1 amide bonds. The molecule has 1 aromatic carbocycles. The second kappa shape index (κ2) is 6.45. The van der Waals surface area contributed by atoms with E-state index in [4.69, 9.17) is 0 Å². The topological polar surface area (TPSA) is 48.5 Å². The Labute approximate surface area is 140 Å². The molecule has 3 heterocycles. The molecule has 6 heteroatoms. The number of piperazine rings is 1. The summed E-state index contributed by atoms with van der Waals surface area (Å²) in [6.45, 7) is 5.49. The lowest BCUT2D eigenvalue weighted by Crippen LogP contribution is -2.49. The van der Waals surface area contributed by atoms with E-state index in [1.54, 1.807) is 18.3 Å². The maximum atomic E-state index is 13.9. The van der Waals surface area contributed by atoms with Crippen molar-refractivity contribution in [1.82, 2.24) is 20.1 Å². The van der Waals surface area contributed by atoms with E-state index in [0.29, 0.717) is 29.1 Å². The molecule has 1 unspecified atom stereocenters. The molecule has 2 aromatic rings. The van der Waals surface area contributed by atoms with Gasteiger partial charge in [0, 0.05) is 56.9 Å². The van der Waals surface area contributed by atoms with Crippen LogP contribution < -0.4 is 5.32 Å². The van der Waals surface area contributed by atoms with Crippen molar-refractivity contribution in [3.63, 3.8) is 0 Å². The average Bonchev–Trinajstić information content (AvgIpc) is 3.11. The van der Waals surface area contributed by atoms with Gasteiger partial charge in [-0.3, -0.25) is 14.7 Å². The van der Waals surface area contributed by atoms with Crippen LogP contribution >= 0.6 is 0 Å². The number of hydrogen-bond donors (Lipinski definition) is 1. The Bertz CT molecular complexity index is 760. The molecule has 24 heavy (non-hydrogen) atoms. The number of likely N-dealkylation sites (tertiary alicyclic amines) is 1. The Morgan fingerprint density at radius 2 is 2.08 bits per heavy atom. The first-order valence-electron chi connectivity index (χ1n) is 8.51. The third-order valence-corrected chi connectivity index (χ3v) is 5.02. The van der Waals surface area contributed by atoms with Crippen LogP contribution in [-0.4, -0.2) is 66.0 Å². The summed E-state index contributed by atoms with van der Waals surface area (Å²) in [5.74, 6) is -0.507. The summed E-state index contributed by atoms with van der Waals surface area (Å²) in [6, 6.07) is 6.69. The molecule has 4 rings (SSSR count). The lowest BCUT2D eigenvalue weighted by Gasteiger charge is -2.32. The summed E-state index contributed by atoms with van der Waals surface area (Å²) in [4.78, 5) is 21.5. The molecule has 0 bridgehead atoms. The van der Waals surface area contributed by atoms with Crippen molar-refractivity contribution in [3.8, 4) is 0 Å². The number of halogens is 1. The van der Waals surface area contributed by atoms with Crippen molar-refractivity contribution in [2.24, 2.45) is 0 Å². The maximum Gasteiger partial charge on any atom is 0.256 e. The summed E-state index contributed by atoms with van der Waals surface area (Å²) >= 11 is 0. The van der Waals surface area contributed by atoms with Gasteiger partial charge in [0.2, 0.25) is 0 Å². The first-order valence-corrected chi connectivity index (χ1v) is 8.51. The van der Waals surface area contributed by atoms with Crippen molar-refractivity contribution in [2.45, 2.75) is 12.5 Å². The molecule has 126 valence electrons. The van der Waals surface area contributed by atoms with Gasteiger partial charge in [0.25, 0.3) is 5.91 Å². The molecule has 0 radical (unpaired) electrons. The van der Waals surface area contributed by atoms with E-state index in [1.807, 2.05) is 4.90 Å². The Morgan fingerprint density at radius 1 is 1.25 bits per heavy atom. The zero-order chi connectivity index (χ0) is 16.5. The maximum absolute atomic E-state index is 13.9. The Balaban J connectivity index is 1.56. The zero-order valence-electron chi connectivity index (χ0n) is 13.5. The summed E-state index contributed by atoms with van der Waals surface area (Å²) in [6.07, 6.45) is 2.62. The number of aromatic nitrogens is 1. The highest BCUT2D eigenvalue weighted by molar-refractivity contribution is 6.05. The molecular weight excluding hydrogens is 307 g/mol. The van der Waals surface area contributed by atoms with Crippen LogP contribution in [0, 0.1) is 5.82 Å². The minimum atomic E-state index is -0.392. The highest BCUT2D eigenvalue weighted by atomic mass is 19.1. The van der Waals surface area contributed by atoms with Crippen LogP contribution in [0.3, 0.4) is 0 Å². The van der Waals surface area contributed by atoms with Gasteiger partial charge in [-0.1, -0.05) is 6.07 Å². The molecule has 2 aliphatic heterocycles. The highest BCUT2D eigenvalue weighted by Crippen LogP contribution is 2.23. The van der Waals surface area contributed by atoms with E-state index in [0.717, 1.165) is 39.1 Å². The first-order chi connectivity index (χ1) is 11.7. The van der Waals surface area contributed by atoms with Crippen LogP contribution in [0.25, 0.3) is 10.9 Å². The van der Waals surface area contributed by atoms with E-state index in [9.17, 15) is 9.18 Å². The van der Waals surface area contributed by atoms with Crippen LogP contribution in [0.4, 0.5) is 4.39 Å². The number of carbonyl (C=O) groups is 1. The number of fused-ring (bicyclic) bond motifs is 1. The largest absolute Gasteiger partial charge is 0.337 e. The number of pyridine rings is 1. The van der Waals surface area contributed by atoms with Crippen LogP contribution in [0.1, 0.15) is 16.8 Å². The molecule has 1 N–H and O–H groups in total. The Kier molecular flexibility index (Phi) is 4.16. The van der Waals surface area contributed by atoms with Crippen molar-refractivity contribution in [1.29, 1.82) is 0 Å². The SMILES string of the molecule is O=C(c1cc(F)cc2cccnc12)N1CCC(N2CCNCC2)C1. The van der Waals surface area contributed by atoms with Gasteiger partial charge in [-0.2, -0.15) is 0 Å². The van der Waals surface area contributed by atoms with Gasteiger partial charge in [0.05, 0.1) is 11.1 Å². The van der Waals surface area contributed by atoms with Gasteiger partial charge >= 0.3 is 0 Å². The lowest BCUT2D eigenvalue weighted by atomic mass is 10.1. The second-order valence-electron chi connectivity index (χ2n) is 6.51. The number of rotatable bonds is 2. The van der Waals surface area contributed by atoms with Gasteiger partial charge < -0.3 is 10.2 Å². The smallest absolute Gasteiger partial charge is 0.256 e. The normalized spacial score (nSPS) is 22.2. The van der Waals surface area contributed by atoms with Gasteiger partial charge in [-0.25, -0.2) is 4.39 Å². The predicted molar refractivity (Wildman–Crippen MR) is 90.5 cm³/mol. The number of hydrogen-bond acceptors (Lipinski definition) is 4. The second-order valence-corrected chi connectivity index (χ2v) is 6.51. The van der Waals surface area contributed by atoms with Crippen molar-refractivity contribution in [3.05, 3.63) is 41.8 Å². The van der Waals surface area contributed by atoms with Crippen molar-refractivity contribution < 1.29 is 9.18 Å². The van der Waals surface area contributed by atoms with Gasteiger partial charge in [0.15, 0.2) is 0 Å². The highest BCUT2D eigenvalue weighted by Gasteiger charge is 2.32. The molecule has 2 aliphatic rings. The molecule has 1 aromatic heterocycles. The lowest BCUT2D eigenvalue weighted by molar-refractivity contribution is 0.0774. The average molecular weight is 328 g/mol. The standard InChI is InChI=1S/C18H21FN4O/c19-14-10-13-2-1-4-21-17(13)16(11-14)18(24)23-7-3-15(12-23)22-8-5-20-6-9-22/h1-2,4,10-11,15,20H,3,5-9,12H2. The Morgan fingerprint density at radius 3 is 2.92 bits per heavy atom. The number of nitrogens with zero attached hydrogens (tertiary/aromatic N) is 3. The van der Waals surface area contributed by atoms with Crippen LogP contribution in [0.15, 0.2) is 30.5 Å². The van der Waals surface area contributed by atoms with Crippen LogP contribution in [0.2, 0.25) is 0 Å². The van der Waals surface area contributed by atoms with E-state index < -0.39 is 5.82 Å². The quantitative estimate of drug-likeness (QED) is 0.907. The molecule has 0 spiro atoms. The molecule has 0 aliphatic carbocycles. The fraction of sp³-hybridized carbons (Fsp3) is 0.444. The first kappa shape index (κ1) is 15.5. The van der Waals surface area contributed by atoms with E-state index in [-0.39, 0.29) is 5.91 Å². The predicted octanol–water partition coefficient (Wildman–Crippen LogP) is 1.49. The fourth-order valence-electron chi connectivity index (χ4n) is 3.76. The Hall–Kier alpha value is -2.05. The molecule has 2 fully saturated rings. The molecule has 2 saturated heterocycles. The van der Waals surface area contributed by atoms with Gasteiger partial charge in [-0.15, -0.1) is 0 Å². The van der Waals surface area contributed by atoms with Gasteiger partial charge in [-0.05, 0) is 24.6 Å². The van der Waals surface area contributed by atoms with Crippen molar-refractivity contribution in [2.75, 3.05) is 39.3 Å². The molecule has 5 nitrogen and oxygen atoms in total. The minimum Gasteiger partial charge on any atom is -0.337 e. The van der Waals surface area contributed by atoms with E-state index >= 15 is 0 Å². The monoisotopic (exact) mass is 328 g/mol. The third kappa shape index (κ3) is 2.87. The van der Waals surface area contributed by atoms with Gasteiger partial charge in [0.1, 0.15) is 5.82 Å². The number of amides is 1. The molecule has 0 saturated carbocycles. The summed E-state index contributed by atoms with van der Waals surface area (Å²) < 4.78 is 13.9.